The summed E-state index contributed by atoms with van der Waals surface area (Å²) in [4.78, 5) is 30.2. The second kappa shape index (κ2) is 6.50. The summed E-state index contributed by atoms with van der Waals surface area (Å²) in [6.07, 6.45) is -2.64. The highest BCUT2D eigenvalue weighted by Gasteiger charge is 2.34. The van der Waals surface area contributed by atoms with Crippen molar-refractivity contribution < 1.29 is 22.8 Å². The Balaban J connectivity index is 1.57. The zero-order chi connectivity index (χ0) is 18.0. The topological polar surface area (TPSA) is 84.0 Å². The highest BCUT2D eigenvalue weighted by molar-refractivity contribution is 6.02. The average Bonchev–Trinajstić information content (AvgIpc) is 2.90. The molecule has 0 spiro atoms. The van der Waals surface area contributed by atoms with Crippen molar-refractivity contribution in [3.63, 3.8) is 0 Å². The second-order valence-electron chi connectivity index (χ2n) is 5.47. The van der Waals surface area contributed by atoms with E-state index in [4.69, 9.17) is 0 Å². The Labute approximate surface area is 140 Å². The van der Waals surface area contributed by atoms with Crippen molar-refractivity contribution in [3.8, 4) is 0 Å². The van der Waals surface area contributed by atoms with Crippen LogP contribution in [0.4, 0.5) is 18.9 Å². The number of hydrogen-bond acceptors (Lipinski definition) is 4. The molecular formula is C16H13F3N4O2. The Kier molecular flexibility index (Phi) is 4.39. The van der Waals surface area contributed by atoms with Crippen LogP contribution in [-0.4, -0.2) is 28.3 Å². The number of benzene rings is 1. The lowest BCUT2D eigenvalue weighted by Crippen LogP contribution is -2.27. The number of nitrogens with one attached hydrogen (secondary N) is 2. The van der Waals surface area contributed by atoms with Crippen LogP contribution in [0.25, 0.3) is 0 Å². The molecule has 9 heteroatoms. The van der Waals surface area contributed by atoms with Gasteiger partial charge in [-0.1, -0.05) is 18.2 Å². The third-order valence-electron chi connectivity index (χ3n) is 3.80. The zero-order valence-electron chi connectivity index (χ0n) is 12.8. The Hall–Kier alpha value is -2.97. The molecule has 1 atom stereocenters. The van der Waals surface area contributed by atoms with Gasteiger partial charge in [-0.05, 0) is 18.1 Å². The van der Waals surface area contributed by atoms with Gasteiger partial charge in [0.15, 0.2) is 0 Å². The van der Waals surface area contributed by atoms with Gasteiger partial charge in [0.1, 0.15) is 0 Å². The van der Waals surface area contributed by atoms with Crippen molar-refractivity contribution in [1.82, 2.24) is 15.3 Å². The molecule has 1 aliphatic rings. The molecular weight excluding hydrogens is 337 g/mol. The molecule has 25 heavy (non-hydrogen) atoms. The second-order valence-corrected chi connectivity index (χ2v) is 5.47. The number of anilines is 1. The number of halogens is 3. The van der Waals surface area contributed by atoms with E-state index in [0.717, 1.165) is 23.6 Å². The maximum atomic E-state index is 12.4. The fourth-order valence-corrected chi connectivity index (χ4v) is 2.59. The molecule has 0 saturated carbocycles. The number of rotatable bonds is 4. The molecule has 2 aromatic rings. The van der Waals surface area contributed by atoms with Gasteiger partial charge in [-0.15, -0.1) is 0 Å². The first-order valence-corrected chi connectivity index (χ1v) is 7.43. The summed E-state index contributed by atoms with van der Waals surface area (Å²) in [5.41, 5.74) is 1.53. The smallest absolute Gasteiger partial charge is 0.352 e. The van der Waals surface area contributed by atoms with E-state index < -0.39 is 17.9 Å². The number of para-hydroxylation sites is 1. The first-order chi connectivity index (χ1) is 11.9. The van der Waals surface area contributed by atoms with Crippen LogP contribution in [0.15, 0.2) is 36.7 Å². The number of hydrogen-bond donors (Lipinski definition) is 2. The van der Waals surface area contributed by atoms with Crippen LogP contribution in [0.2, 0.25) is 0 Å². The molecule has 0 saturated heterocycles. The number of carbonyl (C=O) groups is 2. The Morgan fingerprint density at radius 1 is 1.20 bits per heavy atom. The highest BCUT2D eigenvalue weighted by atomic mass is 19.4. The van der Waals surface area contributed by atoms with E-state index in [0.29, 0.717) is 6.42 Å². The van der Waals surface area contributed by atoms with E-state index in [9.17, 15) is 22.8 Å². The minimum absolute atomic E-state index is 0.0794. The van der Waals surface area contributed by atoms with Crippen LogP contribution >= 0.6 is 0 Å². The van der Waals surface area contributed by atoms with Crippen molar-refractivity contribution in [2.45, 2.75) is 18.5 Å². The molecule has 0 radical (unpaired) electrons. The van der Waals surface area contributed by atoms with Crippen LogP contribution in [0.5, 0.6) is 0 Å². The number of alkyl halides is 3. The van der Waals surface area contributed by atoms with Gasteiger partial charge in [0.25, 0.3) is 5.91 Å². The summed E-state index contributed by atoms with van der Waals surface area (Å²) < 4.78 is 37.2. The van der Waals surface area contributed by atoms with E-state index in [1.54, 1.807) is 6.07 Å². The number of fused-ring (bicyclic) bond motifs is 1. The minimum Gasteiger partial charge on any atom is -0.352 e. The van der Waals surface area contributed by atoms with Crippen molar-refractivity contribution in [2.24, 2.45) is 0 Å². The fourth-order valence-electron chi connectivity index (χ4n) is 2.59. The molecule has 1 unspecified atom stereocenters. The molecule has 130 valence electrons. The first kappa shape index (κ1) is 16.9. The molecule has 1 aromatic carbocycles. The lowest BCUT2D eigenvalue weighted by atomic mass is 9.97. The summed E-state index contributed by atoms with van der Waals surface area (Å²) in [5.74, 6) is -2.42. The molecule has 3 rings (SSSR count). The summed E-state index contributed by atoms with van der Waals surface area (Å²) in [6.45, 7) is 0.187. The monoisotopic (exact) mass is 350 g/mol. The summed E-state index contributed by atoms with van der Waals surface area (Å²) in [6, 6.07) is 7.27. The van der Waals surface area contributed by atoms with Crippen LogP contribution in [0, 0.1) is 0 Å². The molecule has 0 fully saturated rings. The normalized spacial score (nSPS) is 16.3. The standard InChI is InChI=1S/C16H13F3N4O2/c17-16(18,19)15-21-7-9(8-22-15)13(24)20-6-5-11-10-3-1-2-4-12(10)23-14(11)25/h1-4,7-8,11H,5-6H2,(H,20,24)(H,23,25). The summed E-state index contributed by atoms with van der Waals surface area (Å²) in [7, 11) is 0. The van der Waals surface area contributed by atoms with Crippen LogP contribution in [-0.2, 0) is 11.0 Å². The van der Waals surface area contributed by atoms with E-state index in [1.807, 2.05) is 18.2 Å². The number of carbonyl (C=O) groups excluding carboxylic acids is 2. The van der Waals surface area contributed by atoms with Crippen LogP contribution < -0.4 is 10.6 Å². The largest absolute Gasteiger partial charge is 0.451 e. The Morgan fingerprint density at radius 3 is 2.56 bits per heavy atom. The van der Waals surface area contributed by atoms with Gasteiger partial charge in [0.05, 0.1) is 11.5 Å². The predicted molar refractivity (Wildman–Crippen MR) is 81.8 cm³/mol. The van der Waals surface area contributed by atoms with Crippen LogP contribution in [0.1, 0.15) is 34.1 Å². The molecule has 0 aliphatic carbocycles. The number of nitrogens with zero attached hydrogens (tertiary/aromatic N) is 2. The van der Waals surface area contributed by atoms with Crippen molar-refractivity contribution in [3.05, 3.63) is 53.6 Å². The van der Waals surface area contributed by atoms with E-state index in [-0.39, 0.29) is 23.9 Å². The molecule has 1 aliphatic heterocycles. The zero-order valence-corrected chi connectivity index (χ0v) is 12.8. The van der Waals surface area contributed by atoms with E-state index in [1.165, 1.54) is 0 Å². The van der Waals surface area contributed by atoms with Gasteiger partial charge in [0.2, 0.25) is 11.7 Å². The summed E-state index contributed by atoms with van der Waals surface area (Å²) >= 11 is 0. The van der Waals surface area contributed by atoms with Gasteiger partial charge in [-0.25, -0.2) is 9.97 Å². The van der Waals surface area contributed by atoms with Gasteiger partial charge in [-0.3, -0.25) is 9.59 Å². The molecule has 2 heterocycles. The third-order valence-corrected chi connectivity index (χ3v) is 3.80. The lowest BCUT2D eigenvalue weighted by molar-refractivity contribution is -0.145. The Morgan fingerprint density at radius 2 is 1.88 bits per heavy atom. The predicted octanol–water partition coefficient (Wildman–Crippen LogP) is 2.35. The quantitative estimate of drug-likeness (QED) is 0.887. The minimum atomic E-state index is -4.65. The molecule has 6 nitrogen and oxygen atoms in total. The highest BCUT2D eigenvalue weighted by Crippen LogP contribution is 2.33. The molecule has 0 bridgehead atoms. The molecule has 2 N–H and O–H groups in total. The summed E-state index contributed by atoms with van der Waals surface area (Å²) in [5, 5.41) is 5.31. The average molecular weight is 350 g/mol. The van der Waals surface area contributed by atoms with Crippen molar-refractivity contribution in [2.75, 3.05) is 11.9 Å². The number of aromatic nitrogens is 2. The van der Waals surface area contributed by atoms with E-state index in [2.05, 4.69) is 20.6 Å². The van der Waals surface area contributed by atoms with Crippen molar-refractivity contribution in [1.29, 1.82) is 0 Å². The van der Waals surface area contributed by atoms with Gasteiger partial charge < -0.3 is 10.6 Å². The SMILES string of the molecule is O=C(NCCC1C(=O)Nc2ccccc21)c1cnc(C(F)(F)F)nc1. The molecule has 2 amide bonds. The lowest BCUT2D eigenvalue weighted by Gasteiger charge is -2.10. The van der Waals surface area contributed by atoms with Gasteiger partial charge in [0, 0.05) is 24.6 Å². The van der Waals surface area contributed by atoms with Crippen LogP contribution in [0.3, 0.4) is 0 Å². The van der Waals surface area contributed by atoms with Gasteiger partial charge in [-0.2, -0.15) is 13.2 Å². The number of amides is 2. The van der Waals surface area contributed by atoms with E-state index >= 15 is 0 Å². The Bertz CT molecular complexity index is 806. The maximum absolute atomic E-state index is 12.4. The van der Waals surface area contributed by atoms with Gasteiger partial charge >= 0.3 is 6.18 Å². The maximum Gasteiger partial charge on any atom is 0.451 e. The first-order valence-electron chi connectivity index (χ1n) is 7.43. The fraction of sp³-hybridized carbons (Fsp3) is 0.250. The molecule has 1 aromatic heterocycles. The third kappa shape index (κ3) is 3.59. The van der Waals surface area contributed by atoms with Crippen molar-refractivity contribution >= 4 is 17.5 Å².